The quantitative estimate of drug-likeness (QED) is 0.766. The molecule has 24 heavy (non-hydrogen) atoms. The van der Waals surface area contributed by atoms with E-state index < -0.39 is 10.0 Å². The van der Waals surface area contributed by atoms with Crippen molar-refractivity contribution in [2.75, 3.05) is 44.3 Å². The third-order valence-electron chi connectivity index (χ3n) is 3.39. The second-order valence-electron chi connectivity index (χ2n) is 5.59. The molecule has 0 heterocycles. The molecule has 2 aromatic carbocycles. The van der Waals surface area contributed by atoms with Crippen LogP contribution in [0, 0.1) is 0 Å². The monoisotopic (exact) mass is 349 g/mol. The summed E-state index contributed by atoms with van der Waals surface area (Å²) >= 11 is 0. The third-order valence-corrected chi connectivity index (χ3v) is 4.79. The van der Waals surface area contributed by atoms with Crippen molar-refractivity contribution in [1.82, 2.24) is 4.90 Å². The minimum atomic E-state index is -3.61. The van der Waals surface area contributed by atoms with Crippen LogP contribution in [0.25, 0.3) is 0 Å². The van der Waals surface area contributed by atoms with Crippen LogP contribution in [0.1, 0.15) is 0 Å². The predicted octanol–water partition coefficient (Wildman–Crippen LogP) is 2.47. The Kier molecular flexibility index (Phi) is 6.05. The van der Waals surface area contributed by atoms with Gasteiger partial charge in [0.2, 0.25) is 0 Å². The third kappa shape index (κ3) is 5.14. The number of ether oxygens (including phenoxy) is 1. The van der Waals surface area contributed by atoms with Crippen molar-refractivity contribution in [3.63, 3.8) is 0 Å². The zero-order valence-corrected chi connectivity index (χ0v) is 14.9. The molecule has 0 amide bonds. The number of hydrogen-bond donors (Lipinski definition) is 2. The van der Waals surface area contributed by atoms with Gasteiger partial charge in [0.05, 0.1) is 12.0 Å². The number of hydrogen-bond acceptors (Lipinski definition) is 5. The van der Waals surface area contributed by atoms with Gasteiger partial charge in [-0.2, -0.15) is 0 Å². The predicted molar refractivity (Wildman–Crippen MR) is 97.3 cm³/mol. The van der Waals surface area contributed by atoms with Gasteiger partial charge in [0.1, 0.15) is 5.75 Å². The van der Waals surface area contributed by atoms with Gasteiger partial charge in [0.25, 0.3) is 10.0 Å². The summed E-state index contributed by atoms with van der Waals surface area (Å²) in [4.78, 5) is 2.28. The molecule has 0 atom stereocenters. The van der Waals surface area contributed by atoms with Gasteiger partial charge in [-0.1, -0.05) is 0 Å². The lowest BCUT2D eigenvalue weighted by atomic mass is 10.3. The second kappa shape index (κ2) is 8.03. The number of likely N-dealkylation sites (N-methyl/N-ethyl adjacent to an activating group) is 1. The van der Waals surface area contributed by atoms with Crippen molar-refractivity contribution in [2.24, 2.45) is 0 Å². The zero-order valence-electron chi connectivity index (χ0n) is 14.1. The van der Waals surface area contributed by atoms with Crippen LogP contribution in [-0.4, -0.2) is 47.6 Å². The number of sulfonamides is 1. The fraction of sp³-hybridized carbons (Fsp3) is 0.294. The fourth-order valence-electron chi connectivity index (χ4n) is 2.05. The van der Waals surface area contributed by atoms with Crippen molar-refractivity contribution in [2.45, 2.75) is 4.90 Å². The average Bonchev–Trinajstić information content (AvgIpc) is 2.56. The van der Waals surface area contributed by atoms with E-state index in [2.05, 4.69) is 14.9 Å². The van der Waals surface area contributed by atoms with E-state index in [0.29, 0.717) is 11.4 Å². The van der Waals surface area contributed by atoms with E-state index in [1.54, 1.807) is 24.3 Å². The minimum absolute atomic E-state index is 0.191. The van der Waals surface area contributed by atoms with Crippen molar-refractivity contribution in [1.29, 1.82) is 0 Å². The van der Waals surface area contributed by atoms with Crippen LogP contribution in [-0.2, 0) is 10.0 Å². The highest BCUT2D eigenvalue weighted by molar-refractivity contribution is 7.92. The lowest BCUT2D eigenvalue weighted by Gasteiger charge is -2.12. The van der Waals surface area contributed by atoms with Gasteiger partial charge in [-0.25, -0.2) is 8.42 Å². The van der Waals surface area contributed by atoms with Crippen molar-refractivity contribution >= 4 is 21.4 Å². The largest absolute Gasteiger partial charge is 0.497 e. The van der Waals surface area contributed by atoms with Crippen LogP contribution in [0.4, 0.5) is 11.4 Å². The smallest absolute Gasteiger partial charge is 0.261 e. The van der Waals surface area contributed by atoms with E-state index >= 15 is 0 Å². The lowest BCUT2D eigenvalue weighted by Crippen LogP contribution is -2.20. The summed E-state index contributed by atoms with van der Waals surface area (Å²) in [5, 5.41) is 3.28. The Balaban J connectivity index is 2.01. The maximum atomic E-state index is 12.4. The standard InChI is InChI=1S/C17H23N3O3S/c1-20(2)13-12-18-14-4-6-15(7-5-14)19-24(21,22)17-10-8-16(23-3)9-11-17/h4-11,18-19H,12-13H2,1-3H3. The fourth-order valence-corrected chi connectivity index (χ4v) is 3.11. The number of rotatable bonds is 8. The van der Waals surface area contributed by atoms with Crippen molar-refractivity contribution in [3.8, 4) is 5.75 Å². The number of nitrogens with zero attached hydrogens (tertiary/aromatic N) is 1. The second-order valence-corrected chi connectivity index (χ2v) is 7.27. The summed E-state index contributed by atoms with van der Waals surface area (Å²) in [6.07, 6.45) is 0. The molecule has 7 heteroatoms. The summed E-state index contributed by atoms with van der Waals surface area (Å²) in [5.41, 5.74) is 1.47. The van der Waals surface area contributed by atoms with E-state index in [1.807, 2.05) is 26.2 Å². The van der Waals surface area contributed by atoms with Crippen molar-refractivity contribution in [3.05, 3.63) is 48.5 Å². The molecule has 6 nitrogen and oxygen atoms in total. The molecule has 0 unspecified atom stereocenters. The van der Waals surface area contributed by atoms with E-state index in [1.165, 1.54) is 19.2 Å². The molecule has 0 spiro atoms. The highest BCUT2D eigenvalue weighted by atomic mass is 32.2. The van der Waals surface area contributed by atoms with E-state index in [0.717, 1.165) is 18.8 Å². The van der Waals surface area contributed by atoms with Crippen LogP contribution >= 0.6 is 0 Å². The summed E-state index contributed by atoms with van der Waals surface area (Å²) in [5.74, 6) is 0.613. The molecule has 2 aromatic rings. The van der Waals surface area contributed by atoms with Gasteiger partial charge < -0.3 is 15.0 Å². The summed E-state index contributed by atoms with van der Waals surface area (Å²) < 4.78 is 32.3. The molecule has 0 saturated heterocycles. The highest BCUT2D eigenvalue weighted by Crippen LogP contribution is 2.20. The summed E-state index contributed by atoms with van der Waals surface area (Å²) in [6.45, 7) is 1.75. The Bertz CT molecular complexity index is 742. The average molecular weight is 349 g/mol. The van der Waals surface area contributed by atoms with Crippen LogP contribution in [0.5, 0.6) is 5.75 Å². The zero-order chi connectivity index (χ0) is 17.6. The Morgan fingerprint density at radius 2 is 1.54 bits per heavy atom. The molecule has 0 fully saturated rings. The first kappa shape index (κ1) is 18.1. The van der Waals surface area contributed by atoms with Gasteiger partial charge in [-0.05, 0) is 62.6 Å². The van der Waals surface area contributed by atoms with Crippen molar-refractivity contribution < 1.29 is 13.2 Å². The molecule has 0 radical (unpaired) electrons. The molecule has 2 rings (SSSR count). The number of methoxy groups -OCH3 is 1. The SMILES string of the molecule is COc1ccc(S(=O)(=O)Nc2ccc(NCCN(C)C)cc2)cc1. The summed E-state index contributed by atoms with van der Waals surface area (Å²) in [7, 11) is 1.95. The Hall–Kier alpha value is -2.25. The first-order valence-electron chi connectivity index (χ1n) is 7.56. The minimum Gasteiger partial charge on any atom is -0.497 e. The maximum absolute atomic E-state index is 12.4. The number of nitrogens with one attached hydrogen (secondary N) is 2. The number of benzene rings is 2. The van der Waals surface area contributed by atoms with E-state index in [4.69, 9.17) is 4.74 Å². The van der Waals surface area contributed by atoms with Gasteiger partial charge in [-0.3, -0.25) is 4.72 Å². The molecule has 0 aromatic heterocycles. The maximum Gasteiger partial charge on any atom is 0.261 e. The van der Waals surface area contributed by atoms with Gasteiger partial charge >= 0.3 is 0 Å². The lowest BCUT2D eigenvalue weighted by molar-refractivity contribution is 0.414. The molecule has 2 N–H and O–H groups in total. The van der Waals surface area contributed by atoms with Crippen LogP contribution in [0.15, 0.2) is 53.4 Å². The van der Waals surface area contributed by atoms with Crippen LogP contribution in [0.2, 0.25) is 0 Å². The first-order chi connectivity index (χ1) is 11.4. The molecular weight excluding hydrogens is 326 g/mol. The van der Waals surface area contributed by atoms with E-state index in [9.17, 15) is 8.42 Å². The molecule has 0 aliphatic heterocycles. The van der Waals surface area contributed by atoms with Gasteiger partial charge in [0, 0.05) is 24.5 Å². The van der Waals surface area contributed by atoms with Crippen LogP contribution in [0.3, 0.4) is 0 Å². The molecule has 0 aliphatic rings. The Morgan fingerprint density at radius 3 is 2.08 bits per heavy atom. The number of anilines is 2. The first-order valence-corrected chi connectivity index (χ1v) is 9.04. The Morgan fingerprint density at radius 1 is 0.958 bits per heavy atom. The molecule has 0 bridgehead atoms. The molecule has 0 saturated carbocycles. The topological polar surface area (TPSA) is 70.7 Å². The van der Waals surface area contributed by atoms with Crippen LogP contribution < -0.4 is 14.8 Å². The Labute approximate surface area is 143 Å². The van der Waals surface area contributed by atoms with Gasteiger partial charge in [0.15, 0.2) is 0 Å². The van der Waals surface area contributed by atoms with E-state index in [-0.39, 0.29) is 4.90 Å². The highest BCUT2D eigenvalue weighted by Gasteiger charge is 2.14. The molecule has 130 valence electrons. The normalized spacial score (nSPS) is 11.3. The molecule has 0 aliphatic carbocycles. The van der Waals surface area contributed by atoms with Gasteiger partial charge in [-0.15, -0.1) is 0 Å². The molecular formula is C17H23N3O3S. The summed E-state index contributed by atoms with van der Waals surface area (Å²) in [6, 6.07) is 13.4.